The van der Waals surface area contributed by atoms with E-state index in [1.807, 2.05) is 12.3 Å². The number of H-pyrrole nitrogens is 1. The van der Waals surface area contributed by atoms with E-state index < -0.39 is 0 Å². The molecule has 150 valence electrons. The molecule has 0 bridgehead atoms. The van der Waals surface area contributed by atoms with Crippen LogP contribution in [-0.2, 0) is 6.54 Å². The molecule has 1 atom stereocenters. The number of benzene rings is 1. The highest BCUT2D eigenvalue weighted by Crippen LogP contribution is 2.31. The summed E-state index contributed by atoms with van der Waals surface area (Å²) in [6.07, 6.45) is 7.58. The lowest BCUT2D eigenvalue weighted by Gasteiger charge is -2.32. The number of aromatic amines is 1. The van der Waals surface area contributed by atoms with Crippen LogP contribution in [-0.4, -0.2) is 46.2 Å². The molecule has 0 saturated carbocycles. The van der Waals surface area contributed by atoms with Gasteiger partial charge in [0.15, 0.2) is 0 Å². The number of rotatable bonds is 6. The molecule has 2 aromatic heterocycles. The molecule has 1 amide bonds. The fourth-order valence-corrected chi connectivity index (χ4v) is 3.83. The number of hydrogen-bond acceptors (Lipinski definition) is 5. The summed E-state index contributed by atoms with van der Waals surface area (Å²) in [6, 6.07) is 11.1. The lowest BCUT2D eigenvalue weighted by Crippen LogP contribution is -2.34. The number of anilines is 1. The van der Waals surface area contributed by atoms with Crippen molar-refractivity contribution in [2.24, 2.45) is 0 Å². The number of aromatic nitrogens is 3. The second kappa shape index (κ2) is 8.87. The van der Waals surface area contributed by atoms with E-state index in [0.29, 0.717) is 11.5 Å². The molecule has 7 nitrogen and oxygen atoms in total. The highest BCUT2D eigenvalue weighted by Gasteiger charge is 2.25. The van der Waals surface area contributed by atoms with Crippen molar-refractivity contribution in [1.29, 1.82) is 0 Å². The number of carbonyl (C=O) groups is 1. The highest BCUT2D eigenvalue weighted by atomic mass is 16.5. The molecule has 1 aliphatic rings. The number of nitrogens with one attached hydrogen (secondary N) is 2. The second-order valence-electron chi connectivity index (χ2n) is 7.32. The Morgan fingerprint density at radius 2 is 2.14 bits per heavy atom. The summed E-state index contributed by atoms with van der Waals surface area (Å²) in [5.41, 5.74) is 3.53. The van der Waals surface area contributed by atoms with Crippen LogP contribution in [0.2, 0.25) is 0 Å². The van der Waals surface area contributed by atoms with Gasteiger partial charge in [0.05, 0.1) is 24.7 Å². The van der Waals surface area contributed by atoms with Crippen LogP contribution >= 0.6 is 0 Å². The summed E-state index contributed by atoms with van der Waals surface area (Å²) in [4.78, 5) is 19.3. The van der Waals surface area contributed by atoms with Gasteiger partial charge < -0.3 is 10.1 Å². The van der Waals surface area contributed by atoms with E-state index in [1.165, 1.54) is 5.56 Å². The molecule has 0 radical (unpaired) electrons. The van der Waals surface area contributed by atoms with Gasteiger partial charge in [-0.15, -0.1) is 0 Å². The average Bonchev–Trinajstić information content (AvgIpc) is 3.23. The lowest BCUT2D eigenvalue weighted by atomic mass is 9.93. The van der Waals surface area contributed by atoms with Gasteiger partial charge in [0.1, 0.15) is 5.75 Å². The number of likely N-dealkylation sites (tertiary alicyclic amines) is 1. The smallest absolute Gasteiger partial charge is 0.255 e. The quantitative estimate of drug-likeness (QED) is 0.673. The first kappa shape index (κ1) is 19.1. The first-order chi connectivity index (χ1) is 14.2. The summed E-state index contributed by atoms with van der Waals surface area (Å²) >= 11 is 0. The van der Waals surface area contributed by atoms with Crippen LogP contribution in [0.4, 0.5) is 5.69 Å². The van der Waals surface area contributed by atoms with E-state index in [1.54, 1.807) is 43.8 Å². The van der Waals surface area contributed by atoms with Crippen molar-refractivity contribution in [3.63, 3.8) is 0 Å². The molecule has 1 fully saturated rings. The molecule has 1 aromatic carbocycles. The topological polar surface area (TPSA) is 83.1 Å². The highest BCUT2D eigenvalue weighted by molar-refractivity contribution is 6.04. The van der Waals surface area contributed by atoms with Crippen molar-refractivity contribution in [1.82, 2.24) is 20.1 Å². The predicted molar refractivity (Wildman–Crippen MR) is 111 cm³/mol. The molecule has 1 saturated heterocycles. The Morgan fingerprint density at radius 3 is 2.90 bits per heavy atom. The maximum absolute atomic E-state index is 12.6. The van der Waals surface area contributed by atoms with Gasteiger partial charge in [0.25, 0.3) is 5.91 Å². The zero-order valence-electron chi connectivity index (χ0n) is 16.5. The van der Waals surface area contributed by atoms with Crippen molar-refractivity contribution in [2.45, 2.75) is 25.3 Å². The molecule has 0 spiro atoms. The van der Waals surface area contributed by atoms with Crippen LogP contribution in [0.1, 0.15) is 40.4 Å². The summed E-state index contributed by atoms with van der Waals surface area (Å²) < 4.78 is 5.15. The van der Waals surface area contributed by atoms with E-state index in [4.69, 9.17) is 4.74 Å². The summed E-state index contributed by atoms with van der Waals surface area (Å²) in [6.45, 7) is 2.86. The van der Waals surface area contributed by atoms with Crippen molar-refractivity contribution < 1.29 is 9.53 Å². The van der Waals surface area contributed by atoms with E-state index in [0.717, 1.165) is 49.6 Å². The standard InChI is InChI=1S/C22H25N5O2/c1-29-19-8-6-17(7-9-19)22(28)25-20-13-24-26-21(20)18-5-3-11-27(15-18)14-16-4-2-10-23-12-16/h2,4,6-10,12-13,18H,3,5,11,14-15H2,1H3,(H,24,26)(H,25,28)/t18-/m0/s1. The van der Waals surface area contributed by atoms with Gasteiger partial charge in [0.2, 0.25) is 0 Å². The number of piperidine rings is 1. The molecule has 3 aromatic rings. The van der Waals surface area contributed by atoms with Crippen LogP contribution in [0.3, 0.4) is 0 Å². The SMILES string of the molecule is COc1ccc(C(=O)Nc2cn[nH]c2[C@H]2CCCN(Cc3cccnc3)C2)cc1. The number of amides is 1. The number of pyridine rings is 1. The van der Waals surface area contributed by atoms with Crippen LogP contribution in [0, 0.1) is 0 Å². The number of carbonyl (C=O) groups excluding carboxylic acids is 1. The van der Waals surface area contributed by atoms with Crippen molar-refractivity contribution in [2.75, 3.05) is 25.5 Å². The Bertz CT molecular complexity index is 939. The largest absolute Gasteiger partial charge is 0.497 e. The van der Waals surface area contributed by atoms with Crippen LogP contribution in [0.5, 0.6) is 5.75 Å². The molecule has 2 N–H and O–H groups in total. The van der Waals surface area contributed by atoms with Gasteiger partial charge in [-0.05, 0) is 55.3 Å². The van der Waals surface area contributed by atoms with Crippen LogP contribution < -0.4 is 10.1 Å². The minimum absolute atomic E-state index is 0.154. The fourth-order valence-electron chi connectivity index (χ4n) is 3.83. The van der Waals surface area contributed by atoms with Gasteiger partial charge in [-0.25, -0.2) is 0 Å². The maximum atomic E-state index is 12.6. The zero-order valence-corrected chi connectivity index (χ0v) is 16.5. The van der Waals surface area contributed by atoms with Gasteiger partial charge >= 0.3 is 0 Å². The normalized spacial score (nSPS) is 17.1. The molecule has 0 aliphatic carbocycles. The van der Waals surface area contributed by atoms with Gasteiger partial charge in [-0.1, -0.05) is 6.07 Å². The Kier molecular flexibility index (Phi) is 5.86. The Balaban J connectivity index is 1.43. The van der Waals surface area contributed by atoms with Crippen molar-refractivity contribution in [3.05, 3.63) is 71.8 Å². The number of methoxy groups -OCH3 is 1. The molecular weight excluding hydrogens is 366 g/mol. The van der Waals surface area contributed by atoms with Crippen molar-refractivity contribution in [3.8, 4) is 5.75 Å². The average molecular weight is 391 g/mol. The molecule has 1 aliphatic heterocycles. The lowest BCUT2D eigenvalue weighted by molar-refractivity contribution is 0.102. The van der Waals surface area contributed by atoms with E-state index in [9.17, 15) is 4.79 Å². The van der Waals surface area contributed by atoms with E-state index in [2.05, 4.69) is 31.5 Å². The molecule has 0 unspecified atom stereocenters. The second-order valence-corrected chi connectivity index (χ2v) is 7.32. The minimum atomic E-state index is -0.154. The minimum Gasteiger partial charge on any atom is -0.497 e. The first-order valence-electron chi connectivity index (χ1n) is 9.83. The maximum Gasteiger partial charge on any atom is 0.255 e. The molecule has 3 heterocycles. The predicted octanol–water partition coefficient (Wildman–Crippen LogP) is 3.45. The summed E-state index contributed by atoms with van der Waals surface area (Å²) in [5.74, 6) is 0.869. The van der Waals surface area contributed by atoms with Crippen LogP contribution in [0.15, 0.2) is 55.0 Å². The summed E-state index contributed by atoms with van der Waals surface area (Å²) in [7, 11) is 1.61. The third-order valence-corrected chi connectivity index (χ3v) is 5.31. The third kappa shape index (κ3) is 4.63. The molecular formula is C22H25N5O2. The Hall–Kier alpha value is -3.19. The molecule has 7 heteroatoms. The number of hydrogen-bond donors (Lipinski definition) is 2. The third-order valence-electron chi connectivity index (χ3n) is 5.31. The Labute approximate surface area is 170 Å². The summed E-state index contributed by atoms with van der Waals surface area (Å²) in [5, 5.41) is 10.3. The van der Waals surface area contributed by atoms with Gasteiger partial charge in [-0.2, -0.15) is 5.10 Å². The van der Waals surface area contributed by atoms with Crippen LogP contribution in [0.25, 0.3) is 0 Å². The molecule has 29 heavy (non-hydrogen) atoms. The monoisotopic (exact) mass is 391 g/mol. The van der Waals surface area contributed by atoms with E-state index >= 15 is 0 Å². The zero-order chi connectivity index (χ0) is 20.1. The number of ether oxygens (including phenoxy) is 1. The van der Waals surface area contributed by atoms with Gasteiger partial charge in [-0.3, -0.25) is 19.8 Å². The first-order valence-corrected chi connectivity index (χ1v) is 9.83. The fraction of sp³-hybridized carbons (Fsp3) is 0.318. The van der Waals surface area contributed by atoms with Crippen molar-refractivity contribution >= 4 is 11.6 Å². The number of nitrogens with zero attached hydrogens (tertiary/aromatic N) is 3. The Morgan fingerprint density at radius 1 is 1.28 bits per heavy atom. The van der Waals surface area contributed by atoms with E-state index in [-0.39, 0.29) is 5.91 Å². The van der Waals surface area contributed by atoms with Gasteiger partial charge in [0, 0.05) is 37.0 Å². The molecule has 4 rings (SSSR count).